The Morgan fingerprint density at radius 3 is 2.33 bits per heavy atom. The van der Waals surface area contributed by atoms with Crippen molar-refractivity contribution in [2.24, 2.45) is 4.99 Å². The van der Waals surface area contributed by atoms with Gasteiger partial charge in [0.15, 0.2) is 17.5 Å². The molecule has 0 aliphatic carbocycles. The summed E-state index contributed by atoms with van der Waals surface area (Å²) in [4.78, 5) is 6.20. The van der Waals surface area contributed by atoms with E-state index in [0.717, 1.165) is 11.3 Å². The third-order valence-corrected chi connectivity index (χ3v) is 4.35. The molecule has 1 heterocycles. The summed E-state index contributed by atoms with van der Waals surface area (Å²) in [6, 6.07) is 11.2. The van der Waals surface area contributed by atoms with Gasteiger partial charge in [-0.15, -0.1) is 24.0 Å². The standard InChI is InChI=1S/C20H24F2N4O3.HI/c1-23-20(24-10-13-4-6-15(7-5-13)26(2)3)25-11-14-8-17-18(28-12-27-17)9-16(14)29-19(21)22;/h4-9,19H,10-12H2,1-3H3,(H2,23,24,25);1H. The number of fused-ring (bicyclic) bond motifs is 1. The third-order valence-electron chi connectivity index (χ3n) is 4.35. The van der Waals surface area contributed by atoms with E-state index in [1.54, 1.807) is 13.1 Å². The molecule has 2 aromatic rings. The van der Waals surface area contributed by atoms with Crippen molar-refractivity contribution in [3.05, 3.63) is 47.5 Å². The second kappa shape index (κ2) is 11.0. The number of aliphatic imine (C=N–C) groups is 1. The predicted molar refractivity (Wildman–Crippen MR) is 122 cm³/mol. The second-order valence-electron chi connectivity index (χ2n) is 6.53. The van der Waals surface area contributed by atoms with Gasteiger partial charge >= 0.3 is 6.61 Å². The highest BCUT2D eigenvalue weighted by Gasteiger charge is 2.20. The van der Waals surface area contributed by atoms with Gasteiger partial charge in [0, 0.05) is 51.5 Å². The zero-order valence-corrected chi connectivity index (χ0v) is 19.3. The van der Waals surface area contributed by atoms with Crippen LogP contribution in [0.25, 0.3) is 0 Å². The first kappa shape index (κ1) is 23.8. The summed E-state index contributed by atoms with van der Waals surface area (Å²) in [7, 11) is 5.61. The van der Waals surface area contributed by atoms with E-state index >= 15 is 0 Å². The van der Waals surface area contributed by atoms with E-state index in [4.69, 9.17) is 9.47 Å². The quantitative estimate of drug-likeness (QED) is 0.322. The largest absolute Gasteiger partial charge is 0.454 e. The number of benzene rings is 2. The second-order valence-corrected chi connectivity index (χ2v) is 6.53. The average molecular weight is 534 g/mol. The molecule has 0 spiro atoms. The molecule has 7 nitrogen and oxygen atoms in total. The van der Waals surface area contributed by atoms with Crippen LogP contribution in [0.3, 0.4) is 0 Å². The monoisotopic (exact) mass is 534 g/mol. The normalized spacial score (nSPS) is 12.4. The number of alkyl halides is 2. The van der Waals surface area contributed by atoms with Crippen LogP contribution in [0.5, 0.6) is 17.2 Å². The number of hydrogen-bond acceptors (Lipinski definition) is 5. The first-order valence-corrected chi connectivity index (χ1v) is 9.04. The van der Waals surface area contributed by atoms with E-state index in [1.807, 2.05) is 43.3 Å². The minimum absolute atomic E-state index is 0. The fourth-order valence-electron chi connectivity index (χ4n) is 2.81. The molecule has 164 valence electrons. The summed E-state index contributed by atoms with van der Waals surface area (Å²) in [5, 5.41) is 6.30. The van der Waals surface area contributed by atoms with Gasteiger partial charge in [0.25, 0.3) is 0 Å². The van der Waals surface area contributed by atoms with E-state index in [1.165, 1.54) is 6.07 Å². The fraction of sp³-hybridized carbons (Fsp3) is 0.350. The van der Waals surface area contributed by atoms with Crippen molar-refractivity contribution in [3.8, 4) is 17.2 Å². The lowest BCUT2D eigenvalue weighted by Gasteiger charge is -2.16. The first-order valence-electron chi connectivity index (χ1n) is 9.04. The Balaban J connectivity index is 0.00000320. The van der Waals surface area contributed by atoms with Crippen molar-refractivity contribution >= 4 is 35.6 Å². The Labute approximate surface area is 191 Å². The Hall–Kier alpha value is -2.50. The lowest BCUT2D eigenvalue weighted by atomic mass is 10.1. The number of halogens is 3. The van der Waals surface area contributed by atoms with Crippen molar-refractivity contribution in [2.45, 2.75) is 19.7 Å². The van der Waals surface area contributed by atoms with Crippen LogP contribution in [0.4, 0.5) is 14.5 Å². The molecule has 2 N–H and O–H groups in total. The molecule has 3 rings (SSSR count). The third kappa shape index (κ3) is 6.25. The van der Waals surface area contributed by atoms with Crippen molar-refractivity contribution in [3.63, 3.8) is 0 Å². The van der Waals surface area contributed by atoms with E-state index in [-0.39, 0.29) is 43.1 Å². The summed E-state index contributed by atoms with van der Waals surface area (Å²) in [6.07, 6.45) is 0. The topological polar surface area (TPSA) is 67.4 Å². The molecule has 0 atom stereocenters. The molecule has 0 radical (unpaired) electrons. The molecule has 0 saturated heterocycles. The first-order chi connectivity index (χ1) is 14.0. The molecule has 0 fully saturated rings. The molecule has 0 amide bonds. The minimum atomic E-state index is -2.93. The van der Waals surface area contributed by atoms with E-state index in [2.05, 4.69) is 20.4 Å². The van der Waals surface area contributed by atoms with E-state index in [0.29, 0.717) is 29.6 Å². The van der Waals surface area contributed by atoms with Crippen LogP contribution in [0.15, 0.2) is 41.4 Å². The van der Waals surface area contributed by atoms with Crippen LogP contribution in [0, 0.1) is 0 Å². The molecule has 1 aliphatic rings. The van der Waals surface area contributed by atoms with Crippen molar-refractivity contribution < 1.29 is 23.0 Å². The Bertz CT molecular complexity index is 864. The summed E-state index contributed by atoms with van der Waals surface area (Å²) in [5.74, 6) is 1.44. The molecular formula is C20H25F2IN4O3. The van der Waals surface area contributed by atoms with Gasteiger partial charge in [-0.3, -0.25) is 4.99 Å². The Morgan fingerprint density at radius 2 is 1.73 bits per heavy atom. The summed E-state index contributed by atoms with van der Waals surface area (Å²) in [5.41, 5.74) is 2.71. The highest BCUT2D eigenvalue weighted by molar-refractivity contribution is 14.0. The zero-order valence-electron chi connectivity index (χ0n) is 16.9. The molecule has 10 heteroatoms. The lowest BCUT2D eigenvalue weighted by Crippen LogP contribution is -2.36. The maximum absolute atomic E-state index is 12.8. The summed E-state index contributed by atoms with van der Waals surface area (Å²) >= 11 is 0. The van der Waals surface area contributed by atoms with Gasteiger partial charge in [-0.1, -0.05) is 12.1 Å². The SMILES string of the molecule is CN=C(NCc1ccc(N(C)C)cc1)NCc1cc2c(cc1OC(F)F)OCO2.I. The molecule has 0 bridgehead atoms. The number of ether oxygens (including phenoxy) is 3. The highest BCUT2D eigenvalue weighted by Crippen LogP contribution is 2.38. The lowest BCUT2D eigenvalue weighted by molar-refractivity contribution is -0.0505. The van der Waals surface area contributed by atoms with Crippen molar-refractivity contribution in [1.82, 2.24) is 10.6 Å². The molecule has 0 aromatic heterocycles. The number of rotatable bonds is 7. The maximum Gasteiger partial charge on any atom is 0.387 e. The Kier molecular flexibility index (Phi) is 8.75. The van der Waals surface area contributed by atoms with Gasteiger partial charge in [0.2, 0.25) is 6.79 Å². The summed E-state index contributed by atoms with van der Waals surface area (Å²) < 4.78 is 40.7. The van der Waals surface area contributed by atoms with Crippen molar-refractivity contribution in [2.75, 3.05) is 32.8 Å². The van der Waals surface area contributed by atoms with Gasteiger partial charge in [0.1, 0.15) is 5.75 Å². The van der Waals surface area contributed by atoms with Crippen LogP contribution in [0.2, 0.25) is 0 Å². The van der Waals surface area contributed by atoms with Gasteiger partial charge in [-0.2, -0.15) is 8.78 Å². The fourth-order valence-corrected chi connectivity index (χ4v) is 2.81. The molecule has 1 aliphatic heterocycles. The predicted octanol–water partition coefficient (Wildman–Crippen LogP) is 3.57. The van der Waals surface area contributed by atoms with Crippen LogP contribution < -0.4 is 29.7 Å². The number of guanidine groups is 1. The van der Waals surface area contributed by atoms with Gasteiger partial charge in [-0.05, 0) is 23.8 Å². The number of nitrogens with one attached hydrogen (secondary N) is 2. The van der Waals surface area contributed by atoms with Crippen LogP contribution in [0.1, 0.15) is 11.1 Å². The van der Waals surface area contributed by atoms with Gasteiger partial charge in [-0.25, -0.2) is 0 Å². The minimum Gasteiger partial charge on any atom is -0.454 e. The maximum atomic E-state index is 12.8. The van der Waals surface area contributed by atoms with Crippen LogP contribution >= 0.6 is 24.0 Å². The van der Waals surface area contributed by atoms with Crippen molar-refractivity contribution in [1.29, 1.82) is 0 Å². The molecule has 0 saturated carbocycles. The number of nitrogens with zero attached hydrogens (tertiary/aromatic N) is 2. The summed E-state index contributed by atoms with van der Waals surface area (Å²) in [6.45, 7) is -2.10. The molecule has 30 heavy (non-hydrogen) atoms. The van der Waals surface area contributed by atoms with E-state index in [9.17, 15) is 8.78 Å². The number of hydrogen-bond donors (Lipinski definition) is 2. The smallest absolute Gasteiger partial charge is 0.387 e. The van der Waals surface area contributed by atoms with E-state index < -0.39 is 6.61 Å². The van der Waals surface area contributed by atoms with Gasteiger partial charge < -0.3 is 29.7 Å². The highest BCUT2D eigenvalue weighted by atomic mass is 127. The zero-order chi connectivity index (χ0) is 20.8. The van der Waals surface area contributed by atoms with Gasteiger partial charge in [0.05, 0.1) is 0 Å². The molecular weight excluding hydrogens is 509 g/mol. The molecule has 0 unspecified atom stereocenters. The number of anilines is 1. The molecule has 2 aromatic carbocycles. The van der Waals surface area contributed by atoms with Crippen LogP contribution in [-0.4, -0.2) is 40.5 Å². The Morgan fingerprint density at radius 1 is 1.10 bits per heavy atom. The average Bonchev–Trinajstić information content (AvgIpc) is 3.15. The van der Waals surface area contributed by atoms with Crippen LogP contribution in [-0.2, 0) is 13.1 Å².